The summed E-state index contributed by atoms with van der Waals surface area (Å²) in [6.45, 7) is 4.25. The van der Waals surface area contributed by atoms with E-state index in [1.54, 1.807) is 40.9 Å². The van der Waals surface area contributed by atoms with E-state index in [1.807, 2.05) is 38.1 Å². The number of nitrogens with zero attached hydrogens (tertiary/aromatic N) is 2. The third-order valence-corrected chi connectivity index (χ3v) is 5.63. The first kappa shape index (κ1) is 21.0. The van der Waals surface area contributed by atoms with Crippen LogP contribution in [0.1, 0.15) is 26.6 Å². The fourth-order valence-electron chi connectivity index (χ4n) is 2.73. The van der Waals surface area contributed by atoms with Crippen molar-refractivity contribution in [3.63, 3.8) is 0 Å². The van der Waals surface area contributed by atoms with E-state index in [0.717, 1.165) is 16.3 Å². The normalized spacial score (nSPS) is 10.6. The molecule has 6 nitrogen and oxygen atoms in total. The van der Waals surface area contributed by atoms with Crippen LogP contribution in [0.4, 0.5) is 0 Å². The SMILES string of the molecule is Cc1ccc(C)n1NC(=O)c1ccc(OCC(=O)N(C)Cc2ccc(Cl)s2)cc1. The molecule has 0 radical (unpaired) electrons. The molecule has 0 spiro atoms. The average Bonchev–Trinajstić information content (AvgIpc) is 3.25. The largest absolute Gasteiger partial charge is 0.484 e. The minimum Gasteiger partial charge on any atom is -0.484 e. The van der Waals surface area contributed by atoms with Crippen molar-refractivity contribution in [1.29, 1.82) is 0 Å². The van der Waals surface area contributed by atoms with Crippen LogP contribution in [0.3, 0.4) is 0 Å². The lowest BCUT2D eigenvalue weighted by molar-refractivity contribution is -0.132. The van der Waals surface area contributed by atoms with Gasteiger partial charge in [-0.05, 0) is 62.4 Å². The predicted octanol–water partition coefficient (Wildman–Crippen LogP) is 4.24. The molecule has 0 aliphatic heterocycles. The number of nitrogens with one attached hydrogen (secondary N) is 1. The summed E-state index contributed by atoms with van der Waals surface area (Å²) in [4.78, 5) is 27.3. The molecule has 0 bridgehead atoms. The zero-order valence-corrected chi connectivity index (χ0v) is 18.0. The molecule has 0 saturated heterocycles. The second-order valence-electron chi connectivity index (χ2n) is 6.66. The van der Waals surface area contributed by atoms with Gasteiger partial charge in [-0.2, -0.15) is 0 Å². The van der Waals surface area contributed by atoms with Crippen LogP contribution in [0.2, 0.25) is 4.34 Å². The number of hydrogen-bond donors (Lipinski definition) is 1. The molecular weight excluding hydrogens is 410 g/mol. The van der Waals surface area contributed by atoms with E-state index < -0.39 is 0 Å². The molecule has 2 heterocycles. The van der Waals surface area contributed by atoms with E-state index in [4.69, 9.17) is 16.3 Å². The fraction of sp³-hybridized carbons (Fsp3) is 0.238. The van der Waals surface area contributed by atoms with Gasteiger partial charge in [0.25, 0.3) is 11.8 Å². The number of thiophene rings is 1. The van der Waals surface area contributed by atoms with Gasteiger partial charge in [-0.1, -0.05) is 11.6 Å². The smallest absolute Gasteiger partial charge is 0.270 e. The number of halogens is 1. The molecular formula is C21H22ClN3O3S. The number of rotatable bonds is 7. The lowest BCUT2D eigenvalue weighted by Gasteiger charge is -2.16. The van der Waals surface area contributed by atoms with E-state index in [-0.39, 0.29) is 18.4 Å². The maximum Gasteiger partial charge on any atom is 0.270 e. The molecule has 8 heteroatoms. The zero-order chi connectivity index (χ0) is 21.0. The van der Waals surface area contributed by atoms with Crippen molar-refractivity contribution >= 4 is 34.8 Å². The molecule has 0 atom stereocenters. The van der Waals surface area contributed by atoms with Crippen molar-refractivity contribution in [2.45, 2.75) is 20.4 Å². The van der Waals surface area contributed by atoms with Crippen molar-refractivity contribution in [2.24, 2.45) is 0 Å². The first-order valence-electron chi connectivity index (χ1n) is 9.01. The molecule has 0 fully saturated rings. The Morgan fingerprint density at radius 3 is 2.31 bits per heavy atom. The molecule has 152 valence electrons. The highest BCUT2D eigenvalue weighted by atomic mass is 35.5. The molecule has 29 heavy (non-hydrogen) atoms. The number of carbonyl (C=O) groups is 2. The van der Waals surface area contributed by atoms with Crippen molar-refractivity contribution < 1.29 is 14.3 Å². The highest BCUT2D eigenvalue weighted by Crippen LogP contribution is 2.22. The van der Waals surface area contributed by atoms with E-state index in [9.17, 15) is 9.59 Å². The highest BCUT2D eigenvalue weighted by molar-refractivity contribution is 7.16. The van der Waals surface area contributed by atoms with Gasteiger partial charge in [-0.25, -0.2) is 0 Å². The number of likely N-dealkylation sites (N-methyl/N-ethyl adjacent to an activating group) is 1. The van der Waals surface area contributed by atoms with Crippen molar-refractivity contribution in [3.05, 3.63) is 74.7 Å². The summed E-state index contributed by atoms with van der Waals surface area (Å²) in [6, 6.07) is 14.3. The highest BCUT2D eigenvalue weighted by Gasteiger charge is 2.12. The van der Waals surface area contributed by atoms with Crippen molar-refractivity contribution in [1.82, 2.24) is 9.58 Å². The van der Waals surface area contributed by atoms with Gasteiger partial charge >= 0.3 is 0 Å². The van der Waals surface area contributed by atoms with Crippen LogP contribution in [0.25, 0.3) is 0 Å². The quantitative estimate of drug-likeness (QED) is 0.608. The van der Waals surface area contributed by atoms with Gasteiger partial charge < -0.3 is 9.64 Å². The van der Waals surface area contributed by atoms with Crippen LogP contribution in [-0.4, -0.2) is 35.0 Å². The van der Waals surface area contributed by atoms with Gasteiger partial charge in [0.2, 0.25) is 0 Å². The van der Waals surface area contributed by atoms with Crippen LogP contribution in [-0.2, 0) is 11.3 Å². The van der Waals surface area contributed by atoms with Gasteiger partial charge in [0.1, 0.15) is 5.75 Å². The number of carbonyl (C=O) groups excluding carboxylic acids is 2. The Bertz CT molecular complexity index is 991. The summed E-state index contributed by atoms with van der Waals surface area (Å²) >= 11 is 7.36. The van der Waals surface area contributed by atoms with Gasteiger partial charge in [-0.15, -0.1) is 11.3 Å². The molecule has 0 saturated carbocycles. The van der Waals surface area contributed by atoms with Crippen LogP contribution in [0, 0.1) is 13.8 Å². The second kappa shape index (κ2) is 9.15. The predicted molar refractivity (Wildman–Crippen MR) is 115 cm³/mol. The van der Waals surface area contributed by atoms with Gasteiger partial charge in [-0.3, -0.25) is 19.7 Å². The number of benzene rings is 1. The third kappa shape index (κ3) is 5.40. The van der Waals surface area contributed by atoms with Crippen molar-refractivity contribution in [2.75, 3.05) is 19.1 Å². The van der Waals surface area contributed by atoms with Crippen LogP contribution < -0.4 is 10.2 Å². The Kier molecular flexibility index (Phi) is 6.61. The van der Waals surface area contributed by atoms with E-state index >= 15 is 0 Å². The molecule has 2 aromatic heterocycles. The summed E-state index contributed by atoms with van der Waals surface area (Å²) in [6.07, 6.45) is 0. The first-order valence-corrected chi connectivity index (χ1v) is 10.2. The summed E-state index contributed by atoms with van der Waals surface area (Å²) in [5, 5.41) is 0. The molecule has 1 N–H and O–H groups in total. The Labute approximate surface area is 178 Å². The molecule has 1 aromatic carbocycles. The third-order valence-electron chi connectivity index (χ3n) is 4.41. The van der Waals surface area contributed by atoms with Crippen LogP contribution >= 0.6 is 22.9 Å². The van der Waals surface area contributed by atoms with Gasteiger partial charge in [0, 0.05) is 28.9 Å². The number of aromatic nitrogens is 1. The minimum absolute atomic E-state index is 0.0804. The molecule has 2 amide bonds. The lowest BCUT2D eigenvalue weighted by atomic mass is 10.2. The number of aryl methyl sites for hydroxylation is 2. The molecule has 3 rings (SSSR count). The first-order chi connectivity index (χ1) is 13.8. The van der Waals surface area contributed by atoms with Crippen molar-refractivity contribution in [3.8, 4) is 5.75 Å². The summed E-state index contributed by atoms with van der Waals surface area (Å²) in [7, 11) is 1.72. The minimum atomic E-state index is -0.218. The van der Waals surface area contributed by atoms with Crippen LogP contribution in [0.5, 0.6) is 5.75 Å². The molecule has 0 aliphatic carbocycles. The number of hydrogen-bond acceptors (Lipinski definition) is 4. The molecule has 3 aromatic rings. The summed E-state index contributed by atoms with van der Waals surface area (Å²) < 4.78 is 8.00. The summed E-state index contributed by atoms with van der Waals surface area (Å²) in [5.74, 6) is 0.162. The lowest BCUT2D eigenvalue weighted by Crippen LogP contribution is -2.30. The Balaban J connectivity index is 1.52. The summed E-state index contributed by atoms with van der Waals surface area (Å²) in [5.41, 5.74) is 5.25. The van der Waals surface area contributed by atoms with Crippen LogP contribution in [0.15, 0.2) is 48.5 Å². The molecule has 0 unspecified atom stereocenters. The topological polar surface area (TPSA) is 63.6 Å². The fourth-order valence-corrected chi connectivity index (χ4v) is 3.87. The van der Waals surface area contributed by atoms with E-state index in [0.29, 0.717) is 22.2 Å². The standard InChI is InChI=1S/C21H22ClN3O3S/c1-14-4-5-15(2)25(14)23-21(27)16-6-8-17(9-7-16)28-13-20(26)24(3)12-18-10-11-19(22)29-18/h4-11H,12-13H2,1-3H3,(H,23,27). The maximum atomic E-state index is 12.4. The second-order valence-corrected chi connectivity index (χ2v) is 8.46. The van der Waals surface area contributed by atoms with Gasteiger partial charge in [0.15, 0.2) is 6.61 Å². The Morgan fingerprint density at radius 1 is 1.07 bits per heavy atom. The van der Waals surface area contributed by atoms with E-state index in [2.05, 4.69) is 5.43 Å². The zero-order valence-electron chi connectivity index (χ0n) is 16.4. The Morgan fingerprint density at radius 2 is 1.72 bits per heavy atom. The number of amides is 2. The molecule has 0 aliphatic rings. The number of ether oxygens (including phenoxy) is 1. The monoisotopic (exact) mass is 431 g/mol. The Hall–Kier alpha value is -2.77. The van der Waals surface area contributed by atoms with E-state index in [1.165, 1.54) is 11.3 Å². The average molecular weight is 432 g/mol. The maximum absolute atomic E-state index is 12.4. The van der Waals surface area contributed by atoms with Gasteiger partial charge in [0.05, 0.1) is 10.9 Å².